The third-order valence-electron chi connectivity index (χ3n) is 4.45. The van der Waals surface area contributed by atoms with Gasteiger partial charge in [0, 0.05) is 38.6 Å². The summed E-state index contributed by atoms with van der Waals surface area (Å²) in [5.41, 5.74) is 0.854. The average Bonchev–Trinajstić information content (AvgIpc) is 2.68. The molecule has 0 radical (unpaired) electrons. The van der Waals surface area contributed by atoms with Crippen LogP contribution in [0.4, 0.5) is 0 Å². The molecule has 1 amide bonds. The summed E-state index contributed by atoms with van der Waals surface area (Å²) in [6.07, 6.45) is 0.365. The van der Waals surface area contributed by atoms with Crippen LogP contribution in [-0.2, 0) is 30.8 Å². The maximum Gasteiger partial charge on any atom is 0.243 e. The minimum Gasteiger partial charge on any atom is -0.379 e. The highest BCUT2D eigenvalue weighted by molar-refractivity contribution is 7.89. The van der Waals surface area contributed by atoms with Gasteiger partial charge >= 0.3 is 0 Å². The predicted octanol–water partition coefficient (Wildman–Crippen LogP) is 0.124. The van der Waals surface area contributed by atoms with E-state index in [0.29, 0.717) is 52.5 Å². The number of hydrogen-bond acceptors (Lipinski definition) is 6. The van der Waals surface area contributed by atoms with Crippen molar-refractivity contribution in [2.75, 3.05) is 46.1 Å². The van der Waals surface area contributed by atoms with Crippen molar-refractivity contribution in [3.8, 4) is 0 Å². The first-order valence-corrected chi connectivity index (χ1v) is 10.2. The summed E-state index contributed by atoms with van der Waals surface area (Å²) in [7, 11) is -3.49. The number of rotatable bonds is 6. The zero-order valence-corrected chi connectivity index (χ0v) is 16.7. The topological polar surface area (TPSA) is 97.0 Å². The van der Waals surface area contributed by atoms with Crippen LogP contribution in [-0.4, -0.2) is 70.7 Å². The summed E-state index contributed by atoms with van der Waals surface area (Å²) in [5, 5.41) is 6.09. The molecule has 0 aromatic heterocycles. The molecule has 0 bridgehead atoms. The first kappa shape index (κ1) is 22.1. The van der Waals surface area contributed by atoms with Crippen LogP contribution in [0.5, 0.6) is 0 Å². The van der Waals surface area contributed by atoms with Crippen LogP contribution in [0.3, 0.4) is 0 Å². The molecule has 2 aliphatic rings. The summed E-state index contributed by atoms with van der Waals surface area (Å²) >= 11 is 0. The highest BCUT2D eigenvalue weighted by Crippen LogP contribution is 2.17. The van der Waals surface area contributed by atoms with Crippen molar-refractivity contribution in [2.45, 2.75) is 23.9 Å². The molecule has 2 saturated heterocycles. The molecule has 2 N–H and O–H groups in total. The van der Waals surface area contributed by atoms with Crippen LogP contribution in [0.2, 0.25) is 0 Å². The molecule has 1 aromatic rings. The summed E-state index contributed by atoms with van der Waals surface area (Å²) in [5.74, 6) is -0.0574. The maximum atomic E-state index is 12.6. The Hall–Kier alpha value is -1.23. The largest absolute Gasteiger partial charge is 0.379 e. The normalized spacial score (nSPS) is 21.3. The van der Waals surface area contributed by atoms with Crippen molar-refractivity contribution in [1.29, 1.82) is 0 Å². The Labute approximate surface area is 166 Å². The molecule has 27 heavy (non-hydrogen) atoms. The van der Waals surface area contributed by atoms with E-state index in [1.54, 1.807) is 24.3 Å². The van der Waals surface area contributed by atoms with E-state index in [2.05, 4.69) is 10.6 Å². The summed E-state index contributed by atoms with van der Waals surface area (Å²) in [6, 6.07) is 6.68. The number of ether oxygens (including phenoxy) is 2. The Bertz CT molecular complexity index is 702. The van der Waals surface area contributed by atoms with E-state index in [4.69, 9.17) is 9.47 Å². The zero-order valence-electron chi connectivity index (χ0n) is 15.1. The maximum absolute atomic E-state index is 12.6. The number of carbonyl (C=O) groups is 1. The number of hydrogen-bond donors (Lipinski definition) is 2. The standard InChI is InChI=1S/C17H25N3O5S.ClH/c21-17(11-15-13-25-8-5-18-15)19-12-14-1-3-16(4-2-14)26(22,23)20-6-9-24-10-7-20;/h1-4,15,18H,5-13H2,(H,19,21);1H. The Morgan fingerprint density at radius 1 is 1.15 bits per heavy atom. The van der Waals surface area contributed by atoms with Crippen molar-refractivity contribution in [3.05, 3.63) is 29.8 Å². The van der Waals surface area contributed by atoms with Crippen molar-refractivity contribution >= 4 is 28.3 Å². The molecule has 0 aliphatic carbocycles. The molecule has 8 nitrogen and oxygen atoms in total. The van der Waals surface area contributed by atoms with Gasteiger partial charge in [-0.25, -0.2) is 8.42 Å². The van der Waals surface area contributed by atoms with Gasteiger partial charge in [0.05, 0.1) is 31.3 Å². The van der Waals surface area contributed by atoms with E-state index in [-0.39, 0.29) is 29.3 Å². The molecule has 1 atom stereocenters. The number of amides is 1. The molecular weight excluding hydrogens is 394 g/mol. The number of sulfonamides is 1. The van der Waals surface area contributed by atoms with Gasteiger partial charge in [-0.15, -0.1) is 12.4 Å². The van der Waals surface area contributed by atoms with Crippen LogP contribution < -0.4 is 10.6 Å². The molecule has 2 fully saturated rings. The second kappa shape index (κ2) is 10.4. The number of nitrogens with zero attached hydrogens (tertiary/aromatic N) is 1. The van der Waals surface area contributed by atoms with Gasteiger partial charge in [0.1, 0.15) is 0 Å². The van der Waals surface area contributed by atoms with Crippen LogP contribution >= 0.6 is 12.4 Å². The molecule has 0 saturated carbocycles. The van der Waals surface area contributed by atoms with E-state index in [1.165, 1.54) is 4.31 Å². The summed E-state index contributed by atoms with van der Waals surface area (Å²) in [4.78, 5) is 12.3. The van der Waals surface area contributed by atoms with Crippen LogP contribution in [0, 0.1) is 0 Å². The predicted molar refractivity (Wildman–Crippen MR) is 102 cm³/mol. The van der Waals surface area contributed by atoms with E-state index in [9.17, 15) is 13.2 Å². The minimum absolute atomic E-state index is 0. The fourth-order valence-corrected chi connectivity index (χ4v) is 4.37. The molecule has 2 heterocycles. The van der Waals surface area contributed by atoms with Gasteiger partial charge in [-0.2, -0.15) is 4.31 Å². The Morgan fingerprint density at radius 3 is 2.48 bits per heavy atom. The average molecular weight is 420 g/mol. The monoisotopic (exact) mass is 419 g/mol. The van der Waals surface area contributed by atoms with Crippen molar-refractivity contribution < 1.29 is 22.7 Å². The van der Waals surface area contributed by atoms with Crippen molar-refractivity contribution in [1.82, 2.24) is 14.9 Å². The summed E-state index contributed by atoms with van der Waals surface area (Å²) in [6.45, 7) is 3.94. The zero-order chi connectivity index (χ0) is 18.4. The van der Waals surface area contributed by atoms with Gasteiger partial charge in [0.2, 0.25) is 15.9 Å². The van der Waals surface area contributed by atoms with Gasteiger partial charge in [-0.3, -0.25) is 4.79 Å². The lowest BCUT2D eigenvalue weighted by Crippen LogP contribution is -2.44. The number of halogens is 1. The van der Waals surface area contributed by atoms with Crippen molar-refractivity contribution in [3.63, 3.8) is 0 Å². The number of benzene rings is 1. The first-order valence-electron chi connectivity index (χ1n) is 8.80. The lowest BCUT2D eigenvalue weighted by Gasteiger charge is -2.26. The number of carbonyl (C=O) groups excluding carboxylic acids is 1. The fourth-order valence-electron chi connectivity index (χ4n) is 2.96. The van der Waals surface area contributed by atoms with E-state index >= 15 is 0 Å². The molecule has 0 spiro atoms. The second-order valence-electron chi connectivity index (χ2n) is 6.37. The van der Waals surface area contributed by atoms with Crippen LogP contribution in [0.1, 0.15) is 12.0 Å². The number of nitrogens with one attached hydrogen (secondary N) is 2. The number of morpholine rings is 2. The highest BCUT2D eigenvalue weighted by Gasteiger charge is 2.26. The van der Waals surface area contributed by atoms with E-state index < -0.39 is 10.0 Å². The molecule has 1 unspecified atom stereocenters. The van der Waals surface area contributed by atoms with Gasteiger partial charge in [-0.1, -0.05) is 12.1 Å². The van der Waals surface area contributed by atoms with Crippen LogP contribution in [0.25, 0.3) is 0 Å². The van der Waals surface area contributed by atoms with Gasteiger partial charge in [0.25, 0.3) is 0 Å². The smallest absolute Gasteiger partial charge is 0.243 e. The second-order valence-corrected chi connectivity index (χ2v) is 8.31. The Morgan fingerprint density at radius 2 is 1.85 bits per heavy atom. The molecule has 10 heteroatoms. The van der Waals surface area contributed by atoms with Gasteiger partial charge < -0.3 is 20.1 Å². The quantitative estimate of drug-likeness (QED) is 0.680. The van der Waals surface area contributed by atoms with Gasteiger partial charge in [0.15, 0.2) is 0 Å². The molecule has 3 rings (SSSR count). The molecular formula is C17H26ClN3O5S. The minimum atomic E-state index is -3.49. The molecule has 1 aromatic carbocycles. The molecule has 152 valence electrons. The highest BCUT2D eigenvalue weighted by atomic mass is 35.5. The lowest BCUT2D eigenvalue weighted by molar-refractivity contribution is -0.122. The molecule has 2 aliphatic heterocycles. The lowest BCUT2D eigenvalue weighted by atomic mass is 10.2. The SMILES string of the molecule is Cl.O=C(CC1COCCN1)NCc1ccc(S(=O)(=O)N2CCOCC2)cc1. The summed E-state index contributed by atoms with van der Waals surface area (Å²) < 4.78 is 37.1. The Kier molecular flexibility index (Phi) is 8.46. The van der Waals surface area contributed by atoms with Gasteiger partial charge in [-0.05, 0) is 17.7 Å². The third-order valence-corrected chi connectivity index (χ3v) is 6.36. The van der Waals surface area contributed by atoms with Crippen molar-refractivity contribution in [2.24, 2.45) is 0 Å². The van der Waals surface area contributed by atoms with E-state index in [0.717, 1.165) is 12.1 Å². The fraction of sp³-hybridized carbons (Fsp3) is 0.588. The Balaban J connectivity index is 0.00000261. The van der Waals surface area contributed by atoms with E-state index in [1.807, 2.05) is 0 Å². The van der Waals surface area contributed by atoms with Crippen LogP contribution in [0.15, 0.2) is 29.2 Å². The third kappa shape index (κ3) is 6.13. The first-order chi connectivity index (χ1) is 12.6.